The van der Waals surface area contributed by atoms with Crippen LogP contribution in [0.1, 0.15) is 37.0 Å². The second-order valence-electron chi connectivity index (χ2n) is 5.30. The van der Waals surface area contributed by atoms with Gasteiger partial charge in [0, 0.05) is 24.8 Å². The van der Waals surface area contributed by atoms with Crippen molar-refractivity contribution < 1.29 is 14.3 Å². The summed E-state index contributed by atoms with van der Waals surface area (Å²) in [6, 6.07) is 3.47. The van der Waals surface area contributed by atoms with Crippen LogP contribution in [0.25, 0.3) is 0 Å². The molecule has 1 aromatic heterocycles. The number of aromatic nitrogens is 1. The van der Waals surface area contributed by atoms with Crippen molar-refractivity contribution in [2.75, 3.05) is 13.2 Å². The van der Waals surface area contributed by atoms with E-state index < -0.39 is 0 Å². The normalized spacial score (nSPS) is 21.9. The number of nitrogens with zero attached hydrogens (tertiary/aromatic N) is 2. The van der Waals surface area contributed by atoms with Crippen molar-refractivity contribution in [3.05, 3.63) is 23.9 Å². The molecular formula is C15H21N3O3. The maximum atomic E-state index is 12.5. The molecule has 0 radical (unpaired) electrons. The summed E-state index contributed by atoms with van der Waals surface area (Å²) in [6.45, 7) is 4.77. The van der Waals surface area contributed by atoms with E-state index >= 15 is 0 Å². The summed E-state index contributed by atoms with van der Waals surface area (Å²) < 4.78 is 5.26. The Balaban J connectivity index is 2.11. The van der Waals surface area contributed by atoms with E-state index in [2.05, 4.69) is 4.98 Å². The number of rotatable bonds is 4. The molecular weight excluding hydrogens is 270 g/mol. The molecule has 0 spiro atoms. The molecule has 1 aliphatic rings. The topological polar surface area (TPSA) is 85.5 Å². The van der Waals surface area contributed by atoms with Gasteiger partial charge in [0.2, 0.25) is 11.8 Å². The smallest absolute Gasteiger partial charge is 0.255 e. The number of amides is 2. The predicted octanol–water partition coefficient (Wildman–Crippen LogP) is 1.21. The zero-order valence-corrected chi connectivity index (χ0v) is 12.4. The van der Waals surface area contributed by atoms with Crippen LogP contribution in [-0.4, -0.2) is 40.9 Å². The molecule has 2 amide bonds. The van der Waals surface area contributed by atoms with E-state index in [1.165, 1.54) is 6.20 Å². The van der Waals surface area contributed by atoms with Crippen LogP contribution in [0.4, 0.5) is 0 Å². The molecule has 2 heterocycles. The fourth-order valence-corrected chi connectivity index (χ4v) is 2.53. The van der Waals surface area contributed by atoms with Crippen LogP contribution >= 0.6 is 0 Å². The van der Waals surface area contributed by atoms with Gasteiger partial charge in [0.15, 0.2) is 0 Å². The highest BCUT2D eigenvalue weighted by Crippen LogP contribution is 2.23. The van der Waals surface area contributed by atoms with E-state index in [1.54, 1.807) is 17.0 Å². The van der Waals surface area contributed by atoms with E-state index in [9.17, 15) is 9.59 Å². The number of carbonyl (C=O) groups excluding carboxylic acids is 2. The summed E-state index contributed by atoms with van der Waals surface area (Å²) in [6.07, 6.45) is 3.03. The number of hydrogen-bond donors (Lipinski definition) is 1. The quantitative estimate of drug-likeness (QED) is 0.903. The minimum absolute atomic E-state index is 0.0969. The first-order valence-electron chi connectivity index (χ1n) is 7.22. The molecule has 1 saturated heterocycles. The molecule has 1 aromatic rings. The maximum absolute atomic E-state index is 12.5. The molecule has 6 nitrogen and oxygen atoms in total. The second kappa shape index (κ2) is 6.56. The molecule has 0 aliphatic carbocycles. The van der Waals surface area contributed by atoms with E-state index in [4.69, 9.17) is 10.5 Å². The highest BCUT2D eigenvalue weighted by atomic mass is 16.5. The Kier molecular flexibility index (Phi) is 4.77. The van der Waals surface area contributed by atoms with Crippen molar-refractivity contribution >= 4 is 11.8 Å². The summed E-state index contributed by atoms with van der Waals surface area (Å²) in [5.41, 5.74) is 5.86. The molecule has 0 unspecified atom stereocenters. The minimum atomic E-state index is -0.343. The Morgan fingerprint density at radius 3 is 2.76 bits per heavy atom. The largest absolute Gasteiger partial charge is 0.478 e. The number of pyridine rings is 1. The molecule has 0 saturated carbocycles. The van der Waals surface area contributed by atoms with Gasteiger partial charge in [-0.25, -0.2) is 4.98 Å². The fraction of sp³-hybridized carbons (Fsp3) is 0.533. The second-order valence-corrected chi connectivity index (χ2v) is 5.30. The van der Waals surface area contributed by atoms with Gasteiger partial charge in [-0.15, -0.1) is 0 Å². The van der Waals surface area contributed by atoms with Crippen LogP contribution in [0, 0.1) is 5.92 Å². The molecule has 0 aromatic carbocycles. The maximum Gasteiger partial charge on any atom is 0.255 e. The fourth-order valence-electron chi connectivity index (χ4n) is 2.53. The van der Waals surface area contributed by atoms with Crippen molar-refractivity contribution in [3.63, 3.8) is 0 Å². The van der Waals surface area contributed by atoms with Crippen molar-refractivity contribution in [2.45, 2.75) is 32.7 Å². The van der Waals surface area contributed by atoms with Gasteiger partial charge in [-0.3, -0.25) is 9.59 Å². The third-order valence-electron chi connectivity index (χ3n) is 3.82. The number of nitrogens with two attached hydrogens (primary N) is 1. The van der Waals surface area contributed by atoms with E-state index in [1.807, 2.05) is 13.8 Å². The van der Waals surface area contributed by atoms with Crippen molar-refractivity contribution in [1.82, 2.24) is 9.88 Å². The number of likely N-dealkylation sites (tertiary alicyclic amines) is 1. The third kappa shape index (κ3) is 3.51. The molecule has 1 aliphatic heterocycles. The SMILES string of the molecule is CCOc1ccc(C(=O)N2C[C@@H](C(N)=O)CC[C@@H]2C)cn1. The first kappa shape index (κ1) is 15.3. The average molecular weight is 291 g/mol. The van der Waals surface area contributed by atoms with Crippen molar-refractivity contribution in [2.24, 2.45) is 11.7 Å². The highest BCUT2D eigenvalue weighted by molar-refractivity contribution is 5.94. The van der Waals surface area contributed by atoms with E-state index in [-0.39, 0.29) is 23.8 Å². The molecule has 6 heteroatoms. The van der Waals surface area contributed by atoms with Crippen molar-refractivity contribution in [3.8, 4) is 5.88 Å². The number of ether oxygens (including phenoxy) is 1. The van der Waals surface area contributed by atoms with Gasteiger partial charge in [-0.2, -0.15) is 0 Å². The molecule has 2 rings (SSSR count). The number of piperidine rings is 1. The van der Waals surface area contributed by atoms with Gasteiger partial charge in [-0.05, 0) is 32.8 Å². The Labute approximate surface area is 124 Å². The lowest BCUT2D eigenvalue weighted by molar-refractivity contribution is -0.123. The molecule has 1 fully saturated rings. The number of carbonyl (C=O) groups is 2. The Hall–Kier alpha value is -2.11. The van der Waals surface area contributed by atoms with E-state index in [0.29, 0.717) is 24.6 Å². The summed E-state index contributed by atoms with van der Waals surface area (Å²) >= 11 is 0. The summed E-state index contributed by atoms with van der Waals surface area (Å²) in [7, 11) is 0. The number of primary amides is 1. The molecule has 2 atom stereocenters. The predicted molar refractivity (Wildman–Crippen MR) is 77.8 cm³/mol. The van der Waals surface area contributed by atoms with Crippen LogP contribution < -0.4 is 10.5 Å². The minimum Gasteiger partial charge on any atom is -0.478 e. The standard InChI is InChI=1S/C15H21N3O3/c1-3-21-13-7-6-11(8-17-13)15(20)18-9-12(14(16)19)5-4-10(18)2/h6-8,10,12H,3-5,9H2,1-2H3,(H2,16,19)/t10-,12-/m0/s1. The molecule has 114 valence electrons. The Morgan fingerprint density at radius 2 is 2.19 bits per heavy atom. The summed E-state index contributed by atoms with van der Waals surface area (Å²) in [4.78, 5) is 29.7. The lowest BCUT2D eigenvalue weighted by Crippen LogP contribution is -2.48. The van der Waals surface area contributed by atoms with Gasteiger partial charge >= 0.3 is 0 Å². The van der Waals surface area contributed by atoms with Crippen LogP contribution in [0.3, 0.4) is 0 Å². The van der Waals surface area contributed by atoms with Gasteiger partial charge in [-0.1, -0.05) is 0 Å². The zero-order chi connectivity index (χ0) is 15.4. The number of hydrogen-bond acceptors (Lipinski definition) is 4. The monoisotopic (exact) mass is 291 g/mol. The van der Waals surface area contributed by atoms with Crippen molar-refractivity contribution in [1.29, 1.82) is 0 Å². The summed E-state index contributed by atoms with van der Waals surface area (Å²) in [5, 5.41) is 0. The van der Waals surface area contributed by atoms with Crippen LogP contribution in [0.15, 0.2) is 18.3 Å². The summed E-state index contributed by atoms with van der Waals surface area (Å²) in [5.74, 6) is -0.231. The first-order valence-corrected chi connectivity index (χ1v) is 7.22. The average Bonchev–Trinajstić information content (AvgIpc) is 2.48. The van der Waals surface area contributed by atoms with Crippen LogP contribution in [0.5, 0.6) is 5.88 Å². The molecule has 0 bridgehead atoms. The molecule has 21 heavy (non-hydrogen) atoms. The van der Waals surface area contributed by atoms with Gasteiger partial charge in [0.05, 0.1) is 18.1 Å². The lowest BCUT2D eigenvalue weighted by Gasteiger charge is -2.36. The van der Waals surface area contributed by atoms with E-state index in [0.717, 1.165) is 12.8 Å². The molecule has 2 N–H and O–H groups in total. The van der Waals surface area contributed by atoms with Gasteiger partial charge in [0.25, 0.3) is 5.91 Å². The van der Waals surface area contributed by atoms with Gasteiger partial charge < -0.3 is 15.4 Å². The highest BCUT2D eigenvalue weighted by Gasteiger charge is 2.32. The van der Waals surface area contributed by atoms with Crippen LogP contribution in [0.2, 0.25) is 0 Å². The lowest BCUT2D eigenvalue weighted by atomic mass is 9.92. The zero-order valence-electron chi connectivity index (χ0n) is 12.4. The van der Waals surface area contributed by atoms with Gasteiger partial charge in [0.1, 0.15) is 0 Å². The first-order chi connectivity index (χ1) is 10.0. The Bertz CT molecular complexity index is 515. The Morgan fingerprint density at radius 1 is 1.43 bits per heavy atom. The van der Waals surface area contributed by atoms with Crippen LogP contribution in [-0.2, 0) is 4.79 Å². The third-order valence-corrected chi connectivity index (χ3v) is 3.82.